The quantitative estimate of drug-likeness (QED) is 0.219. The van der Waals surface area contributed by atoms with Crippen LogP contribution in [-0.2, 0) is 4.89 Å². The Balaban J connectivity index is 2.85. The number of hydrogen-bond donors (Lipinski definition) is 3. The summed E-state index contributed by atoms with van der Waals surface area (Å²) in [4.78, 5) is 3.99. The predicted octanol–water partition coefficient (Wildman–Crippen LogP) is 1.84. The molecule has 0 fully saturated rings. The van der Waals surface area contributed by atoms with Crippen LogP contribution in [0.3, 0.4) is 0 Å². The van der Waals surface area contributed by atoms with Crippen molar-refractivity contribution in [2.45, 2.75) is 57.5 Å². The fourth-order valence-electron chi connectivity index (χ4n) is 1.43. The normalized spacial score (nSPS) is 11.1. The van der Waals surface area contributed by atoms with Gasteiger partial charge in [-0.2, -0.15) is 0 Å². The van der Waals surface area contributed by atoms with Gasteiger partial charge < -0.3 is 11.5 Å². The zero-order valence-corrected chi connectivity index (χ0v) is 8.95. The average Bonchev–Trinajstić information content (AvgIpc) is 2.15. The minimum Gasteiger partial charge on any atom is -0.316 e. The molecule has 14 heavy (non-hydrogen) atoms. The first-order chi connectivity index (χ1) is 6.77. The Morgan fingerprint density at radius 2 is 1.36 bits per heavy atom. The van der Waals surface area contributed by atoms with Gasteiger partial charge >= 0.3 is 0 Å². The van der Waals surface area contributed by atoms with Gasteiger partial charge in [0.2, 0.25) is 0 Å². The summed E-state index contributed by atoms with van der Waals surface area (Å²) in [6, 6.07) is 0. The Morgan fingerprint density at radius 3 is 1.86 bits per heavy atom. The Labute approximate surface area is 86.5 Å². The van der Waals surface area contributed by atoms with E-state index in [1.54, 1.807) is 0 Å². The van der Waals surface area contributed by atoms with E-state index in [-0.39, 0.29) is 6.17 Å². The molecule has 0 saturated heterocycles. The van der Waals surface area contributed by atoms with Crippen molar-refractivity contribution >= 4 is 0 Å². The molecular formula is C10H24N2O2. The molecule has 5 N–H and O–H groups in total. The zero-order chi connectivity index (χ0) is 10.6. The van der Waals surface area contributed by atoms with Crippen LogP contribution in [0.1, 0.15) is 51.4 Å². The molecule has 0 spiro atoms. The van der Waals surface area contributed by atoms with Gasteiger partial charge in [0.1, 0.15) is 0 Å². The fraction of sp³-hybridized carbons (Fsp3) is 1.00. The third-order valence-corrected chi connectivity index (χ3v) is 2.27. The van der Waals surface area contributed by atoms with E-state index in [1.165, 1.54) is 25.7 Å². The smallest absolute Gasteiger partial charge is 0.0819 e. The fourth-order valence-corrected chi connectivity index (χ4v) is 1.43. The standard InChI is InChI=1S/C10H24N2O2/c11-10(12)8-6-4-2-1-3-5-7-9-14-13/h10,13H,1-9,11-12H2. The number of nitrogens with two attached hydrogens (primary N) is 2. The molecule has 0 amide bonds. The van der Waals surface area contributed by atoms with E-state index in [4.69, 9.17) is 16.7 Å². The van der Waals surface area contributed by atoms with Crippen molar-refractivity contribution in [2.75, 3.05) is 6.61 Å². The molecule has 0 saturated carbocycles. The lowest BCUT2D eigenvalue weighted by molar-refractivity contribution is -0.242. The van der Waals surface area contributed by atoms with Crippen molar-refractivity contribution < 1.29 is 10.1 Å². The molecule has 0 radical (unpaired) electrons. The van der Waals surface area contributed by atoms with Crippen molar-refractivity contribution in [3.05, 3.63) is 0 Å². The summed E-state index contributed by atoms with van der Waals surface area (Å²) in [5.41, 5.74) is 10.9. The van der Waals surface area contributed by atoms with Crippen molar-refractivity contribution in [3.63, 3.8) is 0 Å². The maximum absolute atomic E-state index is 8.07. The van der Waals surface area contributed by atoms with Gasteiger partial charge in [0.15, 0.2) is 0 Å². The number of rotatable bonds is 10. The lowest BCUT2D eigenvalue weighted by Gasteiger charge is -2.04. The van der Waals surface area contributed by atoms with Crippen LogP contribution in [0.15, 0.2) is 0 Å². The first kappa shape index (κ1) is 13.8. The van der Waals surface area contributed by atoms with Crippen LogP contribution in [0.5, 0.6) is 0 Å². The van der Waals surface area contributed by atoms with Crippen LogP contribution in [0, 0.1) is 0 Å². The third-order valence-electron chi connectivity index (χ3n) is 2.27. The highest BCUT2D eigenvalue weighted by molar-refractivity contribution is 4.52. The van der Waals surface area contributed by atoms with E-state index >= 15 is 0 Å². The highest BCUT2D eigenvalue weighted by Gasteiger charge is 1.95. The second kappa shape index (κ2) is 10.9. The Hall–Kier alpha value is -0.160. The maximum Gasteiger partial charge on any atom is 0.0819 e. The first-order valence-corrected chi connectivity index (χ1v) is 5.55. The molecule has 4 heteroatoms. The van der Waals surface area contributed by atoms with Gasteiger partial charge in [0.25, 0.3) is 0 Å². The number of unbranched alkanes of at least 4 members (excludes halogenated alkanes) is 6. The minimum atomic E-state index is -0.142. The Kier molecular flexibility index (Phi) is 10.8. The first-order valence-electron chi connectivity index (χ1n) is 5.55. The molecule has 0 aliphatic carbocycles. The molecule has 0 heterocycles. The van der Waals surface area contributed by atoms with Crippen LogP contribution in [-0.4, -0.2) is 18.0 Å². The predicted molar refractivity (Wildman–Crippen MR) is 57.7 cm³/mol. The van der Waals surface area contributed by atoms with Crippen molar-refractivity contribution in [1.29, 1.82) is 0 Å². The average molecular weight is 204 g/mol. The van der Waals surface area contributed by atoms with Gasteiger partial charge in [-0.3, -0.25) is 5.26 Å². The van der Waals surface area contributed by atoms with E-state index in [0.717, 1.165) is 25.7 Å². The van der Waals surface area contributed by atoms with Crippen molar-refractivity contribution in [1.82, 2.24) is 0 Å². The highest BCUT2D eigenvalue weighted by Crippen LogP contribution is 2.08. The third kappa shape index (κ3) is 11.8. The highest BCUT2D eigenvalue weighted by atomic mass is 17.1. The Morgan fingerprint density at radius 1 is 0.857 bits per heavy atom. The lowest BCUT2D eigenvalue weighted by atomic mass is 10.1. The molecule has 0 unspecified atom stereocenters. The summed E-state index contributed by atoms with van der Waals surface area (Å²) >= 11 is 0. The van der Waals surface area contributed by atoms with Crippen molar-refractivity contribution in [2.24, 2.45) is 11.5 Å². The SMILES string of the molecule is NC(N)CCCCCCCCCOO. The second-order valence-corrected chi connectivity index (χ2v) is 3.76. The van der Waals surface area contributed by atoms with Gasteiger partial charge in [-0.05, 0) is 12.8 Å². The van der Waals surface area contributed by atoms with Gasteiger partial charge in [-0.1, -0.05) is 38.5 Å². The summed E-state index contributed by atoms with van der Waals surface area (Å²) in [6.07, 6.45) is 8.96. The molecule has 0 aliphatic rings. The summed E-state index contributed by atoms with van der Waals surface area (Å²) in [6.45, 7) is 0.460. The van der Waals surface area contributed by atoms with E-state index in [1.807, 2.05) is 0 Å². The Bertz CT molecular complexity index is 110. The van der Waals surface area contributed by atoms with Crippen molar-refractivity contribution in [3.8, 4) is 0 Å². The van der Waals surface area contributed by atoms with Gasteiger partial charge in [-0.15, -0.1) is 0 Å². The molecule has 0 aliphatic heterocycles. The molecule has 0 bridgehead atoms. The maximum atomic E-state index is 8.07. The molecule has 0 atom stereocenters. The largest absolute Gasteiger partial charge is 0.316 e. The molecule has 0 aromatic carbocycles. The molecule has 86 valence electrons. The topological polar surface area (TPSA) is 81.5 Å². The summed E-state index contributed by atoms with van der Waals surface area (Å²) in [7, 11) is 0. The van der Waals surface area contributed by atoms with E-state index in [2.05, 4.69) is 4.89 Å². The summed E-state index contributed by atoms with van der Waals surface area (Å²) in [5, 5.41) is 8.07. The summed E-state index contributed by atoms with van der Waals surface area (Å²) in [5.74, 6) is 0. The summed E-state index contributed by atoms with van der Waals surface area (Å²) < 4.78 is 0. The van der Waals surface area contributed by atoms with Gasteiger partial charge in [0, 0.05) is 0 Å². The molecular weight excluding hydrogens is 180 g/mol. The van der Waals surface area contributed by atoms with Crippen LogP contribution in [0.2, 0.25) is 0 Å². The lowest BCUT2D eigenvalue weighted by Crippen LogP contribution is -2.29. The van der Waals surface area contributed by atoms with E-state index in [9.17, 15) is 0 Å². The second-order valence-electron chi connectivity index (χ2n) is 3.76. The van der Waals surface area contributed by atoms with Crippen LogP contribution < -0.4 is 11.5 Å². The van der Waals surface area contributed by atoms with Gasteiger partial charge in [-0.25, -0.2) is 4.89 Å². The molecule has 0 rings (SSSR count). The molecule has 0 aromatic heterocycles. The van der Waals surface area contributed by atoms with Gasteiger partial charge in [0.05, 0.1) is 12.8 Å². The number of hydrogen-bond acceptors (Lipinski definition) is 4. The zero-order valence-electron chi connectivity index (χ0n) is 8.95. The van der Waals surface area contributed by atoms with Crippen LogP contribution >= 0.6 is 0 Å². The molecule has 0 aromatic rings. The van der Waals surface area contributed by atoms with E-state index in [0.29, 0.717) is 6.61 Å². The minimum absolute atomic E-state index is 0.142. The van der Waals surface area contributed by atoms with E-state index < -0.39 is 0 Å². The molecule has 4 nitrogen and oxygen atoms in total. The van der Waals surface area contributed by atoms with Crippen LogP contribution in [0.4, 0.5) is 0 Å². The van der Waals surface area contributed by atoms with Crippen LogP contribution in [0.25, 0.3) is 0 Å². The monoisotopic (exact) mass is 204 g/mol.